The maximum Gasteiger partial charge on any atom is 0.381 e. The molecular formula is C12H19NO5. The van der Waals surface area contributed by atoms with Gasteiger partial charge in [0.15, 0.2) is 0 Å². The Bertz CT molecular complexity index is 361. The van der Waals surface area contributed by atoms with Crippen molar-refractivity contribution in [2.75, 3.05) is 0 Å². The Morgan fingerprint density at radius 3 is 2.33 bits per heavy atom. The number of carboxylic acid groups (broad SMARTS) is 1. The van der Waals surface area contributed by atoms with Crippen LogP contribution in [0.5, 0.6) is 0 Å². The van der Waals surface area contributed by atoms with Crippen LogP contribution in [0.2, 0.25) is 0 Å². The van der Waals surface area contributed by atoms with Gasteiger partial charge in [0.2, 0.25) is 0 Å². The van der Waals surface area contributed by atoms with Crippen LogP contribution in [-0.2, 0) is 14.3 Å². The first-order valence-corrected chi connectivity index (χ1v) is 5.53. The van der Waals surface area contributed by atoms with E-state index < -0.39 is 29.7 Å². The molecule has 6 nitrogen and oxygen atoms in total. The fraction of sp³-hybridized carbons (Fsp3) is 0.667. The van der Waals surface area contributed by atoms with Crippen LogP contribution in [0.25, 0.3) is 0 Å². The lowest BCUT2D eigenvalue weighted by atomic mass is 10.1. The summed E-state index contributed by atoms with van der Waals surface area (Å²) in [4.78, 5) is 21.6. The summed E-state index contributed by atoms with van der Waals surface area (Å²) in [6.45, 7) is 5.18. The third-order valence-corrected chi connectivity index (χ3v) is 1.81. The molecule has 0 spiro atoms. The number of nitrogens with two attached hydrogens (primary N) is 1. The topological polar surface area (TPSA) is 110 Å². The van der Waals surface area contributed by atoms with E-state index in [1.807, 2.05) is 0 Å². The summed E-state index contributed by atoms with van der Waals surface area (Å²) in [5, 5.41) is 17.6. The summed E-state index contributed by atoms with van der Waals surface area (Å²) in [6, 6.07) is -0.856. The van der Waals surface area contributed by atoms with Gasteiger partial charge in [-0.15, -0.1) is 0 Å². The lowest BCUT2D eigenvalue weighted by molar-refractivity contribution is -0.156. The fourth-order valence-corrected chi connectivity index (χ4v) is 1.05. The highest BCUT2D eigenvalue weighted by atomic mass is 16.6. The smallest absolute Gasteiger partial charge is 0.381 e. The zero-order valence-corrected chi connectivity index (χ0v) is 10.8. The molecule has 0 rings (SSSR count). The largest absolute Gasteiger partial charge is 0.472 e. The molecule has 0 aromatic heterocycles. The van der Waals surface area contributed by atoms with Crippen LogP contribution in [0.1, 0.15) is 33.6 Å². The maximum atomic E-state index is 11.5. The maximum absolute atomic E-state index is 11.5. The van der Waals surface area contributed by atoms with Gasteiger partial charge >= 0.3 is 11.9 Å². The van der Waals surface area contributed by atoms with E-state index in [-0.39, 0.29) is 12.8 Å². The Hall–Kier alpha value is -1.58. The molecule has 1 unspecified atom stereocenters. The Labute approximate surface area is 106 Å². The van der Waals surface area contributed by atoms with Gasteiger partial charge in [0.25, 0.3) is 0 Å². The molecule has 4 N–H and O–H groups in total. The number of carbonyl (C=O) groups excluding carboxylic acids is 1. The molecule has 0 bridgehead atoms. The van der Waals surface area contributed by atoms with Crippen molar-refractivity contribution in [2.24, 2.45) is 5.73 Å². The number of aliphatic hydroxyl groups excluding tert-OH is 1. The third kappa shape index (κ3) is 8.56. The summed E-state index contributed by atoms with van der Waals surface area (Å²) in [6.07, 6.45) is -0.833. The molecule has 2 atom stereocenters. The first-order chi connectivity index (χ1) is 8.11. The number of carboxylic acids is 1. The number of aliphatic hydroxyl groups is 1. The van der Waals surface area contributed by atoms with Crippen LogP contribution in [0.15, 0.2) is 0 Å². The molecular weight excluding hydrogens is 238 g/mol. The molecule has 0 aromatic rings. The Morgan fingerprint density at radius 2 is 1.89 bits per heavy atom. The molecule has 102 valence electrons. The highest BCUT2D eigenvalue weighted by molar-refractivity contribution is 5.86. The predicted octanol–water partition coefficient (Wildman–Crippen LogP) is -0.115. The second-order valence-corrected chi connectivity index (χ2v) is 4.81. The second-order valence-electron chi connectivity index (χ2n) is 4.81. The second kappa shape index (κ2) is 6.99. The van der Waals surface area contributed by atoms with Crippen molar-refractivity contribution in [3.63, 3.8) is 0 Å². The average Bonchev–Trinajstić information content (AvgIpc) is 2.20. The quantitative estimate of drug-likeness (QED) is 0.478. The van der Waals surface area contributed by atoms with Gasteiger partial charge in [0.05, 0.1) is 0 Å². The molecule has 0 radical (unpaired) electrons. The summed E-state index contributed by atoms with van der Waals surface area (Å²) >= 11 is 0. The summed E-state index contributed by atoms with van der Waals surface area (Å²) < 4.78 is 5.05. The average molecular weight is 257 g/mol. The molecule has 0 aliphatic heterocycles. The monoisotopic (exact) mass is 257 g/mol. The van der Waals surface area contributed by atoms with Crippen molar-refractivity contribution in [1.82, 2.24) is 0 Å². The van der Waals surface area contributed by atoms with Crippen LogP contribution in [0, 0.1) is 11.8 Å². The molecule has 0 heterocycles. The molecule has 0 aliphatic carbocycles. The van der Waals surface area contributed by atoms with E-state index in [1.165, 1.54) is 0 Å². The molecule has 0 amide bonds. The first-order valence-electron chi connectivity index (χ1n) is 5.53. The van der Waals surface area contributed by atoms with E-state index in [9.17, 15) is 14.7 Å². The Kier molecular flexibility index (Phi) is 6.37. The number of carbonyl (C=O) groups is 2. The summed E-state index contributed by atoms with van der Waals surface area (Å²) in [5.41, 5.74) is 4.96. The van der Waals surface area contributed by atoms with Gasteiger partial charge in [-0.3, -0.25) is 4.79 Å². The van der Waals surface area contributed by atoms with Gasteiger partial charge in [-0.25, -0.2) is 4.79 Å². The van der Waals surface area contributed by atoms with Crippen LogP contribution in [0.4, 0.5) is 0 Å². The van der Waals surface area contributed by atoms with E-state index >= 15 is 0 Å². The first kappa shape index (κ1) is 16.4. The van der Waals surface area contributed by atoms with Gasteiger partial charge in [-0.2, -0.15) is 0 Å². The SMILES string of the molecule is CC(C)(C)OC(=O)[C@@H](N)CCC(O)C#CC(=O)O. The minimum Gasteiger partial charge on any atom is -0.472 e. The van der Waals surface area contributed by atoms with Crippen LogP contribution >= 0.6 is 0 Å². The van der Waals surface area contributed by atoms with Gasteiger partial charge in [-0.1, -0.05) is 5.92 Å². The van der Waals surface area contributed by atoms with Crippen molar-refractivity contribution in [2.45, 2.75) is 51.4 Å². The molecule has 0 aliphatic rings. The van der Waals surface area contributed by atoms with Crippen LogP contribution in [0.3, 0.4) is 0 Å². The van der Waals surface area contributed by atoms with Crippen molar-refractivity contribution in [3.05, 3.63) is 0 Å². The minimum atomic E-state index is -1.31. The van der Waals surface area contributed by atoms with Crippen molar-refractivity contribution in [3.8, 4) is 11.8 Å². The van der Waals surface area contributed by atoms with Crippen LogP contribution < -0.4 is 5.73 Å². The number of aliphatic carboxylic acids is 1. The molecule has 0 fully saturated rings. The number of rotatable bonds is 4. The van der Waals surface area contributed by atoms with E-state index in [2.05, 4.69) is 5.92 Å². The number of hydrogen-bond donors (Lipinski definition) is 3. The van der Waals surface area contributed by atoms with Crippen molar-refractivity contribution < 1.29 is 24.5 Å². The van der Waals surface area contributed by atoms with Crippen LogP contribution in [-0.4, -0.2) is 39.9 Å². The van der Waals surface area contributed by atoms with E-state index in [0.29, 0.717) is 0 Å². The standard InChI is InChI=1S/C12H19NO5/c1-12(2,3)18-11(17)9(13)6-4-8(14)5-7-10(15)16/h8-9,14H,4,6,13H2,1-3H3,(H,15,16)/t8?,9-/m0/s1. The van der Waals surface area contributed by atoms with E-state index in [1.54, 1.807) is 26.7 Å². The van der Waals surface area contributed by atoms with Gasteiger partial charge in [0.1, 0.15) is 17.7 Å². The molecule has 0 saturated carbocycles. The highest BCUT2D eigenvalue weighted by Crippen LogP contribution is 2.10. The zero-order valence-electron chi connectivity index (χ0n) is 10.8. The third-order valence-electron chi connectivity index (χ3n) is 1.81. The van der Waals surface area contributed by atoms with Gasteiger partial charge < -0.3 is 20.7 Å². The minimum absolute atomic E-state index is 0.112. The van der Waals surface area contributed by atoms with Crippen molar-refractivity contribution in [1.29, 1.82) is 0 Å². The number of esters is 1. The molecule has 0 saturated heterocycles. The number of ether oxygens (including phenoxy) is 1. The molecule has 6 heteroatoms. The van der Waals surface area contributed by atoms with E-state index in [4.69, 9.17) is 15.6 Å². The van der Waals surface area contributed by atoms with E-state index in [0.717, 1.165) is 0 Å². The van der Waals surface area contributed by atoms with Crippen molar-refractivity contribution >= 4 is 11.9 Å². The summed E-state index contributed by atoms with van der Waals surface area (Å²) in [7, 11) is 0. The molecule has 0 aromatic carbocycles. The fourth-order valence-electron chi connectivity index (χ4n) is 1.05. The summed E-state index contributed by atoms with van der Waals surface area (Å²) in [5.74, 6) is 2.05. The Balaban J connectivity index is 4.12. The zero-order chi connectivity index (χ0) is 14.3. The predicted molar refractivity (Wildman–Crippen MR) is 64.5 cm³/mol. The van der Waals surface area contributed by atoms with Gasteiger partial charge in [-0.05, 0) is 33.6 Å². The lowest BCUT2D eigenvalue weighted by Crippen LogP contribution is -2.37. The lowest BCUT2D eigenvalue weighted by Gasteiger charge is -2.22. The molecule has 18 heavy (non-hydrogen) atoms. The Morgan fingerprint density at radius 1 is 1.33 bits per heavy atom. The number of hydrogen-bond acceptors (Lipinski definition) is 5. The van der Waals surface area contributed by atoms with Gasteiger partial charge in [0, 0.05) is 5.92 Å². The highest BCUT2D eigenvalue weighted by Gasteiger charge is 2.22. The normalized spacial score (nSPS) is 14.1.